The molecule has 2 aromatic heterocycles. The summed E-state index contributed by atoms with van der Waals surface area (Å²) in [5.41, 5.74) is -1.16. The van der Waals surface area contributed by atoms with Gasteiger partial charge in [-0.3, -0.25) is 19.0 Å². The Hall–Kier alpha value is -2.56. The van der Waals surface area contributed by atoms with Gasteiger partial charge in [-0.25, -0.2) is 0 Å². The van der Waals surface area contributed by atoms with Gasteiger partial charge in [0.1, 0.15) is 6.54 Å². The van der Waals surface area contributed by atoms with E-state index in [0.717, 1.165) is 4.68 Å². The standard InChI is InChI=1S/C13H14ClF3N6O2/c1-6-9(14)11(13(15,16)17)21-23(6)5-8(24)19-7-4-22(3)20-10(7)12(25)18-2/h4H,5H2,1-3H3,(H,18,25)(H,19,24). The van der Waals surface area contributed by atoms with Crippen molar-refractivity contribution in [2.24, 2.45) is 7.05 Å². The quantitative estimate of drug-likeness (QED) is 0.845. The number of halogens is 4. The van der Waals surface area contributed by atoms with Gasteiger partial charge in [-0.15, -0.1) is 0 Å². The molecule has 0 bridgehead atoms. The summed E-state index contributed by atoms with van der Waals surface area (Å²) in [6, 6.07) is 0. The Kier molecular flexibility index (Phi) is 5.07. The third-order valence-corrected chi connectivity index (χ3v) is 3.69. The number of nitrogens with one attached hydrogen (secondary N) is 2. The van der Waals surface area contributed by atoms with Gasteiger partial charge in [0.05, 0.1) is 16.4 Å². The zero-order valence-corrected chi connectivity index (χ0v) is 14.2. The summed E-state index contributed by atoms with van der Waals surface area (Å²) in [6.07, 6.45) is -3.33. The second kappa shape index (κ2) is 6.75. The van der Waals surface area contributed by atoms with E-state index >= 15 is 0 Å². The van der Waals surface area contributed by atoms with E-state index in [0.29, 0.717) is 0 Å². The summed E-state index contributed by atoms with van der Waals surface area (Å²) in [5, 5.41) is 11.5. The summed E-state index contributed by atoms with van der Waals surface area (Å²) < 4.78 is 40.5. The van der Waals surface area contributed by atoms with Crippen LogP contribution in [-0.4, -0.2) is 38.4 Å². The lowest BCUT2D eigenvalue weighted by molar-refractivity contribution is -0.141. The molecule has 0 unspecified atom stereocenters. The van der Waals surface area contributed by atoms with Crippen LogP contribution in [0.3, 0.4) is 0 Å². The molecule has 136 valence electrons. The molecule has 0 aromatic carbocycles. The molecule has 0 spiro atoms. The zero-order chi connectivity index (χ0) is 18.9. The predicted molar refractivity (Wildman–Crippen MR) is 82.2 cm³/mol. The summed E-state index contributed by atoms with van der Waals surface area (Å²) in [7, 11) is 2.95. The van der Waals surface area contributed by atoms with Crippen molar-refractivity contribution in [2.75, 3.05) is 12.4 Å². The van der Waals surface area contributed by atoms with Gasteiger partial charge in [0, 0.05) is 20.3 Å². The molecule has 25 heavy (non-hydrogen) atoms. The van der Waals surface area contributed by atoms with Crippen LogP contribution in [-0.2, 0) is 24.6 Å². The highest BCUT2D eigenvalue weighted by atomic mass is 35.5. The van der Waals surface area contributed by atoms with Crippen LogP contribution < -0.4 is 10.6 Å². The van der Waals surface area contributed by atoms with Crippen LogP contribution in [0.15, 0.2) is 6.20 Å². The molecule has 0 saturated carbocycles. The smallest absolute Gasteiger partial charge is 0.354 e. The van der Waals surface area contributed by atoms with Crippen LogP contribution in [0.1, 0.15) is 21.9 Å². The van der Waals surface area contributed by atoms with E-state index in [1.54, 1.807) is 7.05 Å². The lowest BCUT2D eigenvalue weighted by Gasteiger charge is -2.06. The van der Waals surface area contributed by atoms with E-state index in [1.165, 1.54) is 24.9 Å². The first kappa shape index (κ1) is 18.8. The van der Waals surface area contributed by atoms with Gasteiger partial charge in [0.2, 0.25) is 5.91 Å². The number of carbonyl (C=O) groups excluding carboxylic acids is 2. The molecule has 0 aliphatic heterocycles. The van der Waals surface area contributed by atoms with Gasteiger partial charge < -0.3 is 10.6 Å². The summed E-state index contributed by atoms with van der Waals surface area (Å²) in [6.45, 7) is 0.807. The molecule has 0 atom stereocenters. The van der Waals surface area contributed by atoms with Gasteiger partial charge >= 0.3 is 6.18 Å². The van der Waals surface area contributed by atoms with Gasteiger partial charge in [-0.2, -0.15) is 23.4 Å². The van der Waals surface area contributed by atoms with Crippen molar-refractivity contribution in [3.05, 3.63) is 28.3 Å². The molecule has 2 amide bonds. The van der Waals surface area contributed by atoms with Crippen molar-refractivity contribution >= 4 is 29.1 Å². The molecule has 0 radical (unpaired) electrons. The van der Waals surface area contributed by atoms with Crippen LogP contribution >= 0.6 is 11.6 Å². The first-order valence-corrected chi connectivity index (χ1v) is 7.28. The Balaban J connectivity index is 2.21. The first-order valence-electron chi connectivity index (χ1n) is 6.90. The average Bonchev–Trinajstić information content (AvgIpc) is 3.00. The lowest BCUT2D eigenvalue weighted by atomic mass is 10.3. The lowest BCUT2D eigenvalue weighted by Crippen LogP contribution is -2.24. The molecular formula is C13H14ClF3N6O2. The number of nitrogens with zero attached hydrogens (tertiary/aromatic N) is 4. The largest absolute Gasteiger partial charge is 0.436 e. The maximum Gasteiger partial charge on any atom is 0.436 e. The SMILES string of the molecule is CNC(=O)c1nn(C)cc1NC(=O)Cn1nc(C(F)(F)F)c(Cl)c1C. The second-order valence-corrected chi connectivity index (χ2v) is 5.47. The van der Waals surface area contributed by atoms with Crippen molar-refractivity contribution in [1.29, 1.82) is 0 Å². The Morgan fingerprint density at radius 1 is 1.32 bits per heavy atom. The van der Waals surface area contributed by atoms with Crippen molar-refractivity contribution in [2.45, 2.75) is 19.6 Å². The normalized spacial score (nSPS) is 11.5. The van der Waals surface area contributed by atoms with Crippen LogP contribution in [0.5, 0.6) is 0 Å². The number of carbonyl (C=O) groups is 2. The molecular weight excluding hydrogens is 365 g/mol. The minimum Gasteiger partial charge on any atom is -0.354 e. The van der Waals surface area contributed by atoms with Crippen molar-refractivity contribution < 1.29 is 22.8 Å². The van der Waals surface area contributed by atoms with Gasteiger partial charge in [-0.1, -0.05) is 11.6 Å². The topological polar surface area (TPSA) is 93.8 Å². The molecule has 8 nitrogen and oxygen atoms in total. The molecule has 0 aliphatic rings. The number of aryl methyl sites for hydroxylation is 1. The van der Waals surface area contributed by atoms with Gasteiger partial charge in [-0.05, 0) is 6.92 Å². The average molecular weight is 379 g/mol. The number of alkyl halides is 3. The number of rotatable bonds is 4. The molecule has 0 aliphatic carbocycles. The van der Waals surface area contributed by atoms with Gasteiger partial charge in [0.25, 0.3) is 5.91 Å². The summed E-state index contributed by atoms with van der Waals surface area (Å²) in [5.74, 6) is -1.21. The first-order chi connectivity index (χ1) is 11.5. The van der Waals surface area contributed by atoms with Crippen molar-refractivity contribution in [3.8, 4) is 0 Å². The predicted octanol–water partition coefficient (Wildman–Crippen LogP) is 1.60. The molecule has 0 fully saturated rings. The maximum atomic E-state index is 12.8. The molecule has 2 aromatic rings. The third kappa shape index (κ3) is 3.92. The Morgan fingerprint density at radius 3 is 2.48 bits per heavy atom. The maximum absolute atomic E-state index is 12.8. The highest BCUT2D eigenvalue weighted by molar-refractivity contribution is 6.32. The molecule has 12 heteroatoms. The molecule has 2 heterocycles. The monoisotopic (exact) mass is 378 g/mol. The van der Waals surface area contributed by atoms with Crippen molar-refractivity contribution in [1.82, 2.24) is 24.9 Å². The van der Waals surface area contributed by atoms with E-state index in [-0.39, 0.29) is 17.1 Å². The van der Waals surface area contributed by atoms with Crippen LogP contribution in [0.2, 0.25) is 5.02 Å². The van der Waals surface area contributed by atoms with E-state index < -0.39 is 35.3 Å². The van der Waals surface area contributed by atoms with Crippen LogP contribution in [0.4, 0.5) is 18.9 Å². The third-order valence-electron chi connectivity index (χ3n) is 3.24. The van der Waals surface area contributed by atoms with Gasteiger partial charge in [0.15, 0.2) is 11.4 Å². The number of anilines is 1. The fourth-order valence-electron chi connectivity index (χ4n) is 2.05. The summed E-state index contributed by atoms with van der Waals surface area (Å²) >= 11 is 5.63. The Morgan fingerprint density at radius 2 is 1.96 bits per heavy atom. The number of amides is 2. The number of hydrogen-bond acceptors (Lipinski definition) is 4. The molecule has 2 N–H and O–H groups in total. The molecule has 2 rings (SSSR count). The Labute approximate surface area is 144 Å². The van der Waals surface area contributed by atoms with E-state index in [1.807, 2.05) is 0 Å². The second-order valence-electron chi connectivity index (χ2n) is 5.10. The van der Waals surface area contributed by atoms with E-state index in [9.17, 15) is 22.8 Å². The summed E-state index contributed by atoms with van der Waals surface area (Å²) in [4.78, 5) is 23.8. The highest BCUT2D eigenvalue weighted by Gasteiger charge is 2.38. The number of hydrogen-bond donors (Lipinski definition) is 2. The number of aromatic nitrogens is 4. The molecule has 0 saturated heterocycles. The minimum absolute atomic E-state index is 0.00172. The van der Waals surface area contributed by atoms with E-state index in [4.69, 9.17) is 11.6 Å². The fraction of sp³-hybridized carbons (Fsp3) is 0.385. The fourth-order valence-corrected chi connectivity index (χ4v) is 2.29. The van der Waals surface area contributed by atoms with E-state index in [2.05, 4.69) is 20.8 Å². The van der Waals surface area contributed by atoms with Crippen LogP contribution in [0.25, 0.3) is 0 Å². The van der Waals surface area contributed by atoms with Crippen molar-refractivity contribution in [3.63, 3.8) is 0 Å². The highest BCUT2D eigenvalue weighted by Crippen LogP contribution is 2.35. The Bertz CT molecular complexity index is 827. The zero-order valence-electron chi connectivity index (χ0n) is 13.4. The van der Waals surface area contributed by atoms with Crippen LogP contribution in [0, 0.1) is 6.92 Å². The minimum atomic E-state index is -4.72.